The molecule has 2 aliphatic rings. The van der Waals surface area contributed by atoms with E-state index < -0.39 is 10.0 Å². The van der Waals surface area contributed by atoms with Crippen molar-refractivity contribution in [2.24, 2.45) is 5.92 Å². The van der Waals surface area contributed by atoms with Gasteiger partial charge >= 0.3 is 0 Å². The number of aryl methyl sites for hydroxylation is 4. The summed E-state index contributed by atoms with van der Waals surface area (Å²) < 4.78 is 37.3. The molecular weight excluding hydrogens is 474 g/mol. The molecule has 1 fully saturated rings. The highest BCUT2D eigenvalue weighted by atomic mass is 32.2. The van der Waals surface area contributed by atoms with Gasteiger partial charge in [-0.25, -0.2) is 8.42 Å². The molecular formula is C28H41N3O4S. The summed E-state index contributed by atoms with van der Waals surface area (Å²) in [6.07, 6.45) is 2.53. The van der Waals surface area contributed by atoms with E-state index in [9.17, 15) is 13.2 Å². The van der Waals surface area contributed by atoms with Crippen LogP contribution in [0.25, 0.3) is 0 Å². The van der Waals surface area contributed by atoms with Crippen LogP contribution < -0.4 is 0 Å². The molecule has 0 radical (unpaired) electrons. The summed E-state index contributed by atoms with van der Waals surface area (Å²) in [5, 5.41) is 0. The van der Waals surface area contributed by atoms with Crippen LogP contribution in [-0.2, 0) is 26.1 Å². The molecule has 1 amide bonds. The Kier molecular flexibility index (Phi) is 7.98. The fourth-order valence-electron chi connectivity index (χ4n) is 6.15. The molecule has 198 valence electrons. The van der Waals surface area contributed by atoms with Crippen LogP contribution in [0.15, 0.2) is 29.2 Å². The molecule has 2 aliphatic heterocycles. The van der Waals surface area contributed by atoms with Crippen molar-refractivity contribution in [3.8, 4) is 0 Å². The zero-order valence-corrected chi connectivity index (χ0v) is 23.4. The molecule has 1 aromatic heterocycles. The molecule has 0 spiro atoms. The largest absolute Gasteiger partial charge is 0.370 e. The van der Waals surface area contributed by atoms with E-state index in [1.165, 1.54) is 11.4 Å². The molecule has 1 saturated heterocycles. The Hall–Kier alpha value is -2.16. The molecule has 2 aromatic rings. The zero-order valence-electron chi connectivity index (χ0n) is 22.6. The molecule has 4 rings (SSSR count). The number of rotatable bonds is 7. The second-order valence-corrected chi connectivity index (χ2v) is 12.7. The third-order valence-corrected chi connectivity index (χ3v) is 9.93. The maximum Gasteiger partial charge on any atom is 0.249 e. The first-order valence-electron chi connectivity index (χ1n) is 13.1. The first-order chi connectivity index (χ1) is 17.0. The molecule has 0 saturated carbocycles. The van der Waals surface area contributed by atoms with Crippen LogP contribution in [0.3, 0.4) is 0 Å². The summed E-state index contributed by atoms with van der Waals surface area (Å²) in [7, 11) is -3.66. The van der Waals surface area contributed by atoms with Crippen LogP contribution in [0.1, 0.15) is 67.2 Å². The molecule has 36 heavy (non-hydrogen) atoms. The molecule has 2 unspecified atom stereocenters. The van der Waals surface area contributed by atoms with Crippen LogP contribution in [0, 0.1) is 33.6 Å². The van der Waals surface area contributed by atoms with E-state index >= 15 is 0 Å². The van der Waals surface area contributed by atoms with Crippen LogP contribution in [0.4, 0.5) is 0 Å². The Morgan fingerprint density at radius 2 is 1.72 bits per heavy atom. The fourth-order valence-corrected chi connectivity index (χ4v) is 8.25. The highest BCUT2D eigenvalue weighted by molar-refractivity contribution is 7.89. The maximum absolute atomic E-state index is 13.7. The Labute approximate surface area is 216 Å². The second kappa shape index (κ2) is 10.7. The van der Waals surface area contributed by atoms with Gasteiger partial charge in [-0.05, 0) is 69.7 Å². The second-order valence-electron chi connectivity index (χ2n) is 10.8. The summed E-state index contributed by atoms with van der Waals surface area (Å²) in [5.41, 5.74) is 5.00. The average molecular weight is 516 g/mol. The van der Waals surface area contributed by atoms with Crippen LogP contribution in [0.2, 0.25) is 0 Å². The molecule has 8 heteroatoms. The average Bonchev–Trinajstić information content (AvgIpc) is 3.18. The van der Waals surface area contributed by atoms with Gasteiger partial charge < -0.3 is 14.2 Å². The standard InChI is InChI=1S/C28H41N3O4S/c1-19(2)27-25-11-10-23(6)29(25)13-14-30(27)26(32)18-35-17-24-9-7-8-12-31(24)36(33,34)28-21(4)15-20(3)16-22(28)5/h10-11,15-16,19,24,27H,7-9,12-14,17-18H2,1-6H3. The fraction of sp³-hybridized carbons (Fsp3) is 0.607. The van der Waals surface area contributed by atoms with E-state index in [2.05, 4.69) is 37.5 Å². The topological polar surface area (TPSA) is 71.8 Å². The van der Waals surface area contributed by atoms with E-state index in [0.29, 0.717) is 18.0 Å². The van der Waals surface area contributed by atoms with Crippen molar-refractivity contribution in [2.75, 3.05) is 26.3 Å². The minimum absolute atomic E-state index is 0.0163. The van der Waals surface area contributed by atoms with Gasteiger partial charge in [-0.15, -0.1) is 0 Å². The third kappa shape index (κ3) is 5.13. The number of benzene rings is 1. The Balaban J connectivity index is 1.45. The number of aromatic nitrogens is 1. The number of hydrogen-bond donors (Lipinski definition) is 0. The number of sulfonamides is 1. The lowest BCUT2D eigenvalue weighted by atomic mass is 9.97. The smallest absolute Gasteiger partial charge is 0.249 e. The van der Waals surface area contributed by atoms with Gasteiger partial charge in [-0.3, -0.25) is 4.79 Å². The predicted molar refractivity (Wildman–Crippen MR) is 141 cm³/mol. The van der Waals surface area contributed by atoms with E-state index in [4.69, 9.17) is 4.74 Å². The van der Waals surface area contributed by atoms with Crippen LogP contribution in [0.5, 0.6) is 0 Å². The monoisotopic (exact) mass is 515 g/mol. The van der Waals surface area contributed by atoms with Gasteiger partial charge in [0.05, 0.1) is 17.5 Å². The summed E-state index contributed by atoms with van der Waals surface area (Å²) in [6.45, 7) is 14.2. The van der Waals surface area contributed by atoms with E-state index in [1.807, 2.05) is 37.8 Å². The van der Waals surface area contributed by atoms with Crippen molar-refractivity contribution >= 4 is 15.9 Å². The molecule has 0 bridgehead atoms. The van der Waals surface area contributed by atoms with E-state index in [-0.39, 0.29) is 37.1 Å². The lowest BCUT2D eigenvalue weighted by molar-refractivity contribution is -0.141. The Bertz CT molecular complexity index is 1190. The van der Waals surface area contributed by atoms with Crippen LogP contribution in [-0.4, -0.2) is 60.4 Å². The van der Waals surface area contributed by atoms with Crippen molar-refractivity contribution < 1.29 is 17.9 Å². The van der Waals surface area contributed by atoms with Gasteiger partial charge in [0.2, 0.25) is 15.9 Å². The van der Waals surface area contributed by atoms with Gasteiger partial charge in [0.25, 0.3) is 0 Å². The van der Waals surface area contributed by atoms with Gasteiger partial charge in [0, 0.05) is 37.1 Å². The minimum Gasteiger partial charge on any atom is -0.370 e. The van der Waals surface area contributed by atoms with Gasteiger partial charge in [-0.1, -0.05) is 38.0 Å². The van der Waals surface area contributed by atoms with Gasteiger partial charge in [0.15, 0.2) is 0 Å². The van der Waals surface area contributed by atoms with Crippen molar-refractivity contribution in [3.05, 3.63) is 52.3 Å². The molecule has 0 N–H and O–H groups in total. The van der Waals surface area contributed by atoms with Gasteiger partial charge in [-0.2, -0.15) is 4.31 Å². The number of piperidine rings is 1. The lowest BCUT2D eigenvalue weighted by Crippen LogP contribution is -2.48. The number of hydrogen-bond acceptors (Lipinski definition) is 4. The van der Waals surface area contributed by atoms with E-state index in [0.717, 1.165) is 42.5 Å². The summed E-state index contributed by atoms with van der Waals surface area (Å²) >= 11 is 0. The number of carbonyl (C=O) groups excluding carboxylic acids is 1. The summed E-state index contributed by atoms with van der Waals surface area (Å²) in [6, 6.07) is 7.84. The van der Waals surface area contributed by atoms with Crippen molar-refractivity contribution in [1.82, 2.24) is 13.8 Å². The van der Waals surface area contributed by atoms with Crippen molar-refractivity contribution in [3.63, 3.8) is 0 Å². The third-order valence-electron chi connectivity index (χ3n) is 7.67. The van der Waals surface area contributed by atoms with Crippen molar-refractivity contribution in [1.29, 1.82) is 0 Å². The first-order valence-corrected chi connectivity index (χ1v) is 14.6. The zero-order chi connectivity index (χ0) is 26.2. The molecule has 3 heterocycles. The Morgan fingerprint density at radius 1 is 1.03 bits per heavy atom. The SMILES string of the molecule is Cc1cc(C)c(S(=O)(=O)N2CCCCC2COCC(=O)N2CCn3c(C)ccc3C2C(C)C)c(C)c1. The highest BCUT2D eigenvalue weighted by Gasteiger charge is 2.37. The Morgan fingerprint density at radius 3 is 2.39 bits per heavy atom. The number of amides is 1. The number of ether oxygens (including phenoxy) is 1. The lowest BCUT2D eigenvalue weighted by Gasteiger charge is -2.40. The normalized spacial score (nSPS) is 21.1. The minimum atomic E-state index is -3.66. The van der Waals surface area contributed by atoms with Crippen molar-refractivity contribution in [2.45, 2.75) is 84.3 Å². The molecule has 2 atom stereocenters. The quantitative estimate of drug-likeness (QED) is 0.544. The van der Waals surface area contributed by atoms with E-state index in [1.54, 1.807) is 4.31 Å². The first kappa shape index (κ1) is 26.9. The van der Waals surface area contributed by atoms with Gasteiger partial charge in [0.1, 0.15) is 6.61 Å². The number of fused-ring (bicyclic) bond motifs is 1. The number of nitrogens with zero attached hydrogens (tertiary/aromatic N) is 3. The molecule has 0 aliphatic carbocycles. The number of carbonyl (C=O) groups is 1. The highest BCUT2D eigenvalue weighted by Crippen LogP contribution is 2.34. The molecule has 7 nitrogen and oxygen atoms in total. The summed E-state index contributed by atoms with van der Waals surface area (Å²) in [4.78, 5) is 15.6. The predicted octanol–water partition coefficient (Wildman–Crippen LogP) is 4.52. The summed E-state index contributed by atoms with van der Waals surface area (Å²) in [5.74, 6) is 0.247. The maximum atomic E-state index is 13.7. The molecule has 1 aromatic carbocycles. The van der Waals surface area contributed by atoms with Crippen LogP contribution >= 0.6 is 0 Å².